The van der Waals surface area contributed by atoms with Crippen LogP contribution in [-0.2, 0) is 16.2 Å². The summed E-state index contributed by atoms with van der Waals surface area (Å²) in [6.07, 6.45) is 4.82. The van der Waals surface area contributed by atoms with Crippen molar-refractivity contribution >= 4 is 62.0 Å². The van der Waals surface area contributed by atoms with Crippen LogP contribution in [0.4, 0.5) is 17.1 Å². The molecule has 0 saturated heterocycles. The van der Waals surface area contributed by atoms with Crippen LogP contribution in [0.15, 0.2) is 170 Å². The van der Waals surface area contributed by atoms with E-state index in [4.69, 9.17) is 9.47 Å². The van der Waals surface area contributed by atoms with Gasteiger partial charge < -0.3 is 18.9 Å². The highest BCUT2D eigenvalue weighted by Gasteiger charge is 2.50. The number of para-hydroxylation sites is 1. The van der Waals surface area contributed by atoms with Gasteiger partial charge in [0.15, 0.2) is 11.5 Å². The first-order valence-electron chi connectivity index (χ1n) is 27.2. The van der Waals surface area contributed by atoms with Crippen molar-refractivity contribution in [3.8, 4) is 50.9 Å². The first kappa shape index (κ1) is 45.8. The quantitative estimate of drug-likeness (QED) is 0.161. The minimum absolute atomic E-state index is 0.123. The highest BCUT2D eigenvalue weighted by Crippen LogP contribution is 2.62. The van der Waals surface area contributed by atoms with Crippen molar-refractivity contribution in [1.29, 1.82) is 0 Å². The van der Waals surface area contributed by atoms with Crippen molar-refractivity contribution in [2.45, 2.75) is 104 Å². The minimum Gasteiger partial charge on any atom is -0.458 e. The lowest BCUT2D eigenvalue weighted by atomic mass is 9.34. The highest BCUT2D eigenvalue weighted by atomic mass is 16.5. The highest BCUT2D eigenvalue weighted by molar-refractivity contribution is 6.98. The van der Waals surface area contributed by atoms with E-state index < -0.39 is 5.41 Å². The van der Waals surface area contributed by atoms with E-state index in [9.17, 15) is 0 Å². The molecular formula is C70H63BN2O2. The number of aryl methyl sites for hydroxylation is 4. The predicted molar refractivity (Wildman–Crippen MR) is 315 cm³/mol. The third-order valence-corrected chi connectivity index (χ3v) is 17.8. The molecule has 5 aliphatic rings. The average Bonchev–Trinajstić information content (AvgIpc) is 3.74. The summed E-state index contributed by atoms with van der Waals surface area (Å²) in [5, 5.41) is 2.55. The van der Waals surface area contributed by atoms with Crippen molar-refractivity contribution in [1.82, 2.24) is 4.57 Å². The number of nitrogens with zero attached hydrogens (tertiary/aromatic N) is 2. The molecule has 2 aliphatic heterocycles. The Hall–Kier alpha value is -7.76. The van der Waals surface area contributed by atoms with Gasteiger partial charge in [0.2, 0.25) is 0 Å². The maximum atomic E-state index is 7.78. The van der Waals surface area contributed by atoms with Crippen LogP contribution in [-0.4, -0.2) is 11.3 Å². The normalized spacial score (nSPS) is 18.3. The second-order valence-corrected chi connectivity index (χ2v) is 24.1. The fourth-order valence-corrected chi connectivity index (χ4v) is 14.2. The van der Waals surface area contributed by atoms with Crippen molar-refractivity contribution in [2.75, 3.05) is 4.90 Å². The zero-order chi connectivity index (χ0) is 51.3. The van der Waals surface area contributed by atoms with Gasteiger partial charge in [0.1, 0.15) is 11.5 Å². The Morgan fingerprint density at radius 1 is 0.480 bits per heavy atom. The zero-order valence-corrected chi connectivity index (χ0v) is 44.8. The molecule has 0 atom stereocenters. The van der Waals surface area contributed by atoms with Gasteiger partial charge in [-0.25, -0.2) is 0 Å². The van der Waals surface area contributed by atoms with Crippen molar-refractivity contribution < 1.29 is 9.47 Å². The van der Waals surface area contributed by atoms with E-state index in [1.807, 2.05) is 0 Å². The molecule has 15 rings (SSSR count). The molecule has 0 spiro atoms. The van der Waals surface area contributed by atoms with E-state index in [-0.39, 0.29) is 17.5 Å². The number of hydrogen-bond acceptors (Lipinski definition) is 3. The fourth-order valence-electron chi connectivity index (χ4n) is 14.2. The topological polar surface area (TPSA) is 26.6 Å². The van der Waals surface area contributed by atoms with Crippen molar-refractivity contribution in [3.05, 3.63) is 209 Å². The van der Waals surface area contributed by atoms with Gasteiger partial charge in [-0.1, -0.05) is 166 Å². The van der Waals surface area contributed by atoms with Crippen LogP contribution >= 0.6 is 0 Å². The molecule has 0 radical (unpaired) electrons. The first-order chi connectivity index (χ1) is 36.2. The zero-order valence-electron chi connectivity index (χ0n) is 44.8. The van der Waals surface area contributed by atoms with Gasteiger partial charge in [0.25, 0.3) is 6.71 Å². The van der Waals surface area contributed by atoms with Crippen LogP contribution in [0.2, 0.25) is 0 Å². The number of benzene rings is 9. The van der Waals surface area contributed by atoms with Gasteiger partial charge in [-0.2, -0.15) is 0 Å². The summed E-state index contributed by atoms with van der Waals surface area (Å²) in [5.74, 6) is 3.48. The Morgan fingerprint density at radius 3 is 1.57 bits per heavy atom. The summed E-state index contributed by atoms with van der Waals surface area (Å²) in [4.78, 5) is 2.51. The Morgan fingerprint density at radius 2 is 1.01 bits per heavy atom. The Balaban J connectivity index is 1.09. The Bertz CT molecular complexity index is 3880. The molecule has 2 bridgehead atoms. The van der Waals surface area contributed by atoms with E-state index in [1.165, 1.54) is 109 Å². The number of rotatable bonds is 5. The third-order valence-electron chi connectivity index (χ3n) is 17.8. The number of hydrogen-bond donors (Lipinski definition) is 0. The summed E-state index contributed by atoms with van der Waals surface area (Å²) >= 11 is 0. The van der Waals surface area contributed by atoms with Gasteiger partial charge in [-0.3, -0.25) is 0 Å². The van der Waals surface area contributed by atoms with Gasteiger partial charge in [-0.15, -0.1) is 0 Å². The second-order valence-electron chi connectivity index (χ2n) is 24.1. The standard InChI is InChI=1S/C70H63BN2O2/c1-42-34-44(3)64-52(36-42)53-37-43(2)35-45(4)65(53)73(64)49-28-29-56-60(38-49)74-66-57(71(56)63-50(46-20-13-10-14-21-46)26-19-27-51(63)47-22-15-11-16-23-47)41-59-67(62(66)68(5,6)7)75-61-40-55-54(69(8)30-32-70(55,9)33-31-69)39-58(61)72(59)48-24-17-12-18-25-48/h10-29,34-41H,30-33H2,1-9H3. The number of anilines is 3. The second kappa shape index (κ2) is 16.4. The van der Waals surface area contributed by atoms with Crippen LogP contribution in [0.5, 0.6) is 23.0 Å². The molecule has 368 valence electrons. The summed E-state index contributed by atoms with van der Waals surface area (Å²) < 4.78 is 17.9. The van der Waals surface area contributed by atoms with Crippen molar-refractivity contribution in [2.24, 2.45) is 0 Å². The molecule has 0 N–H and O–H groups in total. The van der Waals surface area contributed by atoms with Gasteiger partial charge in [0, 0.05) is 33.8 Å². The summed E-state index contributed by atoms with van der Waals surface area (Å²) in [7, 11) is 0. The average molecular weight is 975 g/mol. The van der Waals surface area contributed by atoms with Gasteiger partial charge >= 0.3 is 0 Å². The number of aromatic nitrogens is 1. The summed E-state index contributed by atoms with van der Waals surface area (Å²) in [6.45, 7) is 20.7. The molecule has 9 aromatic carbocycles. The smallest absolute Gasteiger partial charge is 0.252 e. The Kier molecular flexibility index (Phi) is 10.0. The first-order valence-corrected chi connectivity index (χ1v) is 27.2. The minimum atomic E-state index is -0.417. The Labute approximate surface area is 442 Å². The van der Waals surface area contributed by atoms with E-state index in [0.717, 1.165) is 62.2 Å². The molecule has 3 aliphatic carbocycles. The lowest BCUT2D eigenvalue weighted by Crippen LogP contribution is -2.56. The number of ether oxygens (including phenoxy) is 2. The molecular weight excluding hydrogens is 912 g/mol. The summed E-state index contributed by atoms with van der Waals surface area (Å²) in [5.41, 5.74) is 23.9. The van der Waals surface area contributed by atoms with Crippen molar-refractivity contribution in [3.63, 3.8) is 0 Å². The lowest BCUT2D eigenvalue weighted by Gasteiger charge is -2.52. The molecule has 0 unspecified atom stereocenters. The van der Waals surface area contributed by atoms with E-state index in [2.05, 4.69) is 242 Å². The van der Waals surface area contributed by atoms with E-state index in [0.29, 0.717) is 0 Å². The maximum Gasteiger partial charge on any atom is 0.252 e. The molecule has 1 fully saturated rings. The lowest BCUT2D eigenvalue weighted by molar-refractivity contribution is 0.187. The predicted octanol–water partition coefficient (Wildman–Crippen LogP) is 16.9. The van der Waals surface area contributed by atoms with Crippen LogP contribution in [0.3, 0.4) is 0 Å². The molecule has 75 heavy (non-hydrogen) atoms. The van der Waals surface area contributed by atoms with Crippen LogP contribution < -0.4 is 30.8 Å². The largest absolute Gasteiger partial charge is 0.458 e. The molecule has 5 heteroatoms. The molecule has 0 amide bonds. The fraction of sp³-hybridized carbons (Fsp3) is 0.229. The van der Waals surface area contributed by atoms with Gasteiger partial charge in [0.05, 0.1) is 22.4 Å². The molecule has 3 heterocycles. The van der Waals surface area contributed by atoms with Crippen LogP contribution in [0.1, 0.15) is 99.2 Å². The molecule has 10 aromatic rings. The van der Waals surface area contributed by atoms with Crippen LogP contribution in [0, 0.1) is 27.7 Å². The van der Waals surface area contributed by atoms with E-state index >= 15 is 0 Å². The third kappa shape index (κ3) is 6.89. The SMILES string of the molecule is Cc1cc(C)c2c(c1)c1cc(C)cc(C)c1n2-c1ccc2c(c1)Oc1c(cc3c(c1C(C)(C)C)Oc1cc4c(cc1N3c1ccccc1)C1(C)CCC4(C)CC1)B2c1c(-c2ccccc2)cccc1-c1ccccc1. The van der Waals surface area contributed by atoms with Gasteiger partial charge in [-0.05, 0) is 174 Å². The molecule has 1 saturated carbocycles. The summed E-state index contributed by atoms with van der Waals surface area (Å²) in [6, 6.07) is 63.6. The molecule has 1 aromatic heterocycles. The monoisotopic (exact) mass is 974 g/mol. The van der Waals surface area contributed by atoms with Crippen LogP contribution in [0.25, 0.3) is 49.7 Å². The maximum absolute atomic E-state index is 7.78. The molecule has 4 nitrogen and oxygen atoms in total. The van der Waals surface area contributed by atoms with E-state index in [1.54, 1.807) is 0 Å². The number of fused-ring (bicyclic) bond motifs is 9.